The third kappa shape index (κ3) is 1.58. The van der Waals surface area contributed by atoms with Gasteiger partial charge in [-0.1, -0.05) is 30.3 Å². The Kier molecular flexibility index (Phi) is 2.39. The van der Waals surface area contributed by atoms with E-state index >= 15 is 0 Å². The van der Waals surface area contributed by atoms with Crippen LogP contribution < -0.4 is 5.73 Å². The van der Waals surface area contributed by atoms with Crippen LogP contribution in [0.5, 0.6) is 5.88 Å². The first kappa shape index (κ1) is 12.9. The number of para-hydroxylation sites is 2. The first-order valence-electron chi connectivity index (χ1n) is 7.43. The first-order chi connectivity index (χ1) is 11.7. The van der Waals surface area contributed by atoms with Crippen molar-refractivity contribution in [3.8, 4) is 17.4 Å². The summed E-state index contributed by atoms with van der Waals surface area (Å²) < 4.78 is 1.61. The Morgan fingerprint density at radius 3 is 2.38 bits per heavy atom. The molecule has 4 N–H and O–H groups in total. The van der Waals surface area contributed by atoms with Crippen molar-refractivity contribution in [3.63, 3.8) is 0 Å². The minimum Gasteiger partial charge on any atom is -0.494 e. The van der Waals surface area contributed by atoms with E-state index in [0.717, 1.165) is 10.8 Å². The summed E-state index contributed by atoms with van der Waals surface area (Å²) in [7, 11) is 0. The highest BCUT2D eigenvalue weighted by atomic mass is 16.3. The number of nitrogens with one attached hydrogen (secondary N) is 1. The van der Waals surface area contributed by atoms with E-state index in [-0.39, 0.29) is 11.7 Å². The van der Waals surface area contributed by atoms with E-state index < -0.39 is 0 Å². The lowest BCUT2D eigenvalue weighted by Crippen LogP contribution is -2.01. The Labute approximate surface area is 135 Å². The lowest BCUT2D eigenvalue weighted by Gasteiger charge is -2.04. The third-order valence-electron chi connectivity index (χ3n) is 4.15. The molecule has 0 bridgehead atoms. The Morgan fingerprint density at radius 2 is 1.58 bits per heavy atom. The molecule has 0 saturated heterocycles. The van der Waals surface area contributed by atoms with E-state index in [0.29, 0.717) is 28.2 Å². The number of anilines is 1. The average Bonchev–Trinajstić information content (AvgIpc) is 3.15. The van der Waals surface area contributed by atoms with E-state index in [4.69, 9.17) is 5.73 Å². The maximum atomic E-state index is 10.6. The monoisotopic (exact) mass is 316 g/mol. The molecule has 0 aliphatic heterocycles. The van der Waals surface area contributed by atoms with Crippen LogP contribution in [-0.4, -0.2) is 29.7 Å². The molecule has 24 heavy (non-hydrogen) atoms. The van der Waals surface area contributed by atoms with Crippen molar-refractivity contribution in [2.24, 2.45) is 0 Å². The number of nitrogens with zero attached hydrogens (tertiary/aromatic N) is 4. The van der Waals surface area contributed by atoms with Gasteiger partial charge in [0, 0.05) is 10.8 Å². The zero-order chi connectivity index (χ0) is 16.3. The van der Waals surface area contributed by atoms with Crippen molar-refractivity contribution < 1.29 is 5.11 Å². The summed E-state index contributed by atoms with van der Waals surface area (Å²) >= 11 is 0. The molecular formula is C17H12N6O. The molecule has 0 unspecified atom stereocenters. The second kappa shape index (κ2) is 4.45. The number of fused-ring (bicyclic) bond motifs is 4. The maximum Gasteiger partial charge on any atom is 0.206 e. The first-order valence-corrected chi connectivity index (χ1v) is 7.43. The summed E-state index contributed by atoms with van der Waals surface area (Å²) in [6.07, 6.45) is 0. The zero-order valence-electron chi connectivity index (χ0n) is 12.4. The normalized spacial score (nSPS) is 11.7. The molecule has 7 heteroatoms. The Morgan fingerprint density at radius 1 is 0.917 bits per heavy atom. The highest BCUT2D eigenvalue weighted by Gasteiger charge is 2.20. The average molecular weight is 316 g/mol. The molecule has 5 rings (SSSR count). The molecular weight excluding hydrogens is 304 g/mol. The summed E-state index contributed by atoms with van der Waals surface area (Å²) in [5.74, 6) is 0.785. The van der Waals surface area contributed by atoms with Gasteiger partial charge in [0.25, 0.3) is 0 Å². The summed E-state index contributed by atoms with van der Waals surface area (Å²) in [5.41, 5.74) is 8.64. The number of nitrogen functional groups attached to an aromatic ring is 1. The smallest absolute Gasteiger partial charge is 0.206 e. The molecule has 0 atom stereocenters. The van der Waals surface area contributed by atoms with Gasteiger partial charge in [-0.15, -0.1) is 0 Å². The van der Waals surface area contributed by atoms with Crippen LogP contribution in [0, 0.1) is 0 Å². The van der Waals surface area contributed by atoms with Crippen LogP contribution >= 0.6 is 0 Å². The van der Waals surface area contributed by atoms with Gasteiger partial charge in [0.2, 0.25) is 5.88 Å². The molecule has 5 aromatic rings. The number of hydrogen-bond acceptors (Lipinski definition) is 5. The third-order valence-corrected chi connectivity index (χ3v) is 4.15. The number of hydrogen-bond donors (Lipinski definition) is 3. The number of H-pyrrole nitrogens is 1. The highest BCUT2D eigenvalue weighted by Crippen LogP contribution is 2.35. The quantitative estimate of drug-likeness (QED) is 0.441. The van der Waals surface area contributed by atoms with Crippen molar-refractivity contribution in [1.29, 1.82) is 0 Å². The predicted octanol–water partition coefficient (Wildman–Crippen LogP) is 2.71. The molecule has 7 nitrogen and oxygen atoms in total. The molecule has 116 valence electrons. The van der Waals surface area contributed by atoms with Gasteiger partial charge >= 0.3 is 0 Å². The number of rotatable bonds is 1. The fraction of sp³-hybridized carbons (Fsp3) is 0. The lowest BCUT2D eigenvalue weighted by molar-refractivity contribution is 0.455. The minimum atomic E-state index is 0.0960. The van der Waals surface area contributed by atoms with Crippen molar-refractivity contribution in [2.75, 3.05) is 5.73 Å². The minimum absolute atomic E-state index is 0.0960. The second-order valence-electron chi connectivity index (χ2n) is 5.55. The summed E-state index contributed by atoms with van der Waals surface area (Å²) in [6, 6.07) is 15.0. The Bertz CT molecular complexity index is 1240. The Hall–Kier alpha value is -3.61. The van der Waals surface area contributed by atoms with Crippen LogP contribution in [0.15, 0.2) is 48.5 Å². The van der Waals surface area contributed by atoms with Gasteiger partial charge in [0.05, 0.1) is 11.0 Å². The molecule has 0 saturated carbocycles. The number of aromatic amines is 1. The van der Waals surface area contributed by atoms with Crippen molar-refractivity contribution in [2.45, 2.75) is 0 Å². The van der Waals surface area contributed by atoms with Gasteiger partial charge in [-0.3, -0.25) is 5.10 Å². The molecule has 3 heterocycles. The number of benzene rings is 2. The number of aromatic hydroxyl groups is 1. The van der Waals surface area contributed by atoms with E-state index in [1.807, 2.05) is 48.5 Å². The number of nitrogens with two attached hydrogens (primary N) is 1. The van der Waals surface area contributed by atoms with Gasteiger partial charge in [-0.2, -0.15) is 5.10 Å². The van der Waals surface area contributed by atoms with E-state index in [9.17, 15) is 5.11 Å². The summed E-state index contributed by atoms with van der Waals surface area (Å²) in [4.78, 5) is 8.97. The summed E-state index contributed by atoms with van der Waals surface area (Å²) in [5, 5.41) is 19.5. The lowest BCUT2D eigenvalue weighted by atomic mass is 10.2. The Balaban J connectivity index is 1.88. The highest BCUT2D eigenvalue weighted by molar-refractivity contribution is 6.00. The van der Waals surface area contributed by atoms with Crippen LogP contribution in [0.2, 0.25) is 0 Å². The second-order valence-corrected chi connectivity index (χ2v) is 5.55. The molecule has 0 fully saturated rings. The molecule has 3 aromatic heterocycles. The van der Waals surface area contributed by atoms with Crippen LogP contribution in [0.3, 0.4) is 0 Å². The SMILES string of the molecule is Nc1nc2ccccc2nc1-c1n[nH]c2c3ccccc3c(O)n12. The molecule has 2 aromatic carbocycles. The fourth-order valence-electron chi connectivity index (χ4n) is 3.04. The fourth-order valence-corrected chi connectivity index (χ4v) is 3.04. The van der Waals surface area contributed by atoms with Gasteiger partial charge in [-0.05, 0) is 18.2 Å². The zero-order valence-corrected chi connectivity index (χ0v) is 12.4. The molecule has 0 amide bonds. The largest absolute Gasteiger partial charge is 0.494 e. The van der Waals surface area contributed by atoms with Gasteiger partial charge in [0.15, 0.2) is 17.3 Å². The van der Waals surface area contributed by atoms with E-state index in [1.165, 1.54) is 0 Å². The molecule has 0 aliphatic rings. The maximum absolute atomic E-state index is 10.6. The van der Waals surface area contributed by atoms with Crippen LogP contribution in [0.1, 0.15) is 0 Å². The van der Waals surface area contributed by atoms with Crippen LogP contribution in [-0.2, 0) is 0 Å². The van der Waals surface area contributed by atoms with Gasteiger partial charge in [0.1, 0.15) is 5.65 Å². The van der Waals surface area contributed by atoms with Crippen molar-refractivity contribution >= 4 is 33.3 Å². The molecule has 0 radical (unpaired) electrons. The molecule has 0 aliphatic carbocycles. The van der Waals surface area contributed by atoms with Crippen molar-refractivity contribution in [3.05, 3.63) is 48.5 Å². The van der Waals surface area contributed by atoms with Crippen LogP contribution in [0.25, 0.3) is 39.0 Å². The predicted molar refractivity (Wildman–Crippen MR) is 91.7 cm³/mol. The summed E-state index contributed by atoms with van der Waals surface area (Å²) in [6.45, 7) is 0. The number of aromatic nitrogens is 5. The topological polar surface area (TPSA) is 105 Å². The van der Waals surface area contributed by atoms with E-state index in [2.05, 4.69) is 20.2 Å². The van der Waals surface area contributed by atoms with Gasteiger partial charge in [-0.25, -0.2) is 14.4 Å². The van der Waals surface area contributed by atoms with Crippen LogP contribution in [0.4, 0.5) is 5.82 Å². The van der Waals surface area contributed by atoms with Crippen molar-refractivity contribution in [1.82, 2.24) is 24.6 Å². The van der Waals surface area contributed by atoms with Gasteiger partial charge < -0.3 is 10.8 Å². The van der Waals surface area contributed by atoms with E-state index in [1.54, 1.807) is 4.40 Å². The molecule has 0 spiro atoms. The standard InChI is InChI=1S/C17H12N6O/c18-14-13(19-11-7-3-4-8-12(11)20-14)16-22-21-15-9-5-1-2-6-10(9)17(24)23(15)16/h1-8,21,24H,(H2,18,20).